The number of amides is 1. The van der Waals surface area contributed by atoms with Crippen molar-refractivity contribution in [2.24, 2.45) is 17.3 Å². The normalized spacial score (nSPS) is 36.7. The van der Waals surface area contributed by atoms with Crippen LogP contribution in [0.15, 0.2) is 0 Å². The molecule has 17 heavy (non-hydrogen) atoms. The molecule has 1 aliphatic heterocycles. The zero-order valence-electron chi connectivity index (χ0n) is 10.6. The lowest BCUT2D eigenvalue weighted by Gasteiger charge is -2.31. The second-order valence-electron chi connectivity index (χ2n) is 5.73. The molecule has 2 rings (SSSR count). The van der Waals surface area contributed by atoms with Gasteiger partial charge in [-0.05, 0) is 31.1 Å². The van der Waals surface area contributed by atoms with Gasteiger partial charge in [0.25, 0.3) is 0 Å². The summed E-state index contributed by atoms with van der Waals surface area (Å²) in [5.41, 5.74) is 0.174. The molecule has 4 nitrogen and oxygen atoms in total. The van der Waals surface area contributed by atoms with E-state index in [1.54, 1.807) is 4.90 Å². The summed E-state index contributed by atoms with van der Waals surface area (Å²) in [6.45, 7) is 5.40. The minimum atomic E-state index is -0.767. The smallest absolute Gasteiger partial charge is 0.308 e. The van der Waals surface area contributed by atoms with Gasteiger partial charge in [0.05, 0.1) is 5.92 Å². The molecule has 0 radical (unpaired) electrons. The lowest BCUT2D eigenvalue weighted by Crippen LogP contribution is -2.43. The van der Waals surface area contributed by atoms with Crippen LogP contribution in [-0.4, -0.2) is 35.0 Å². The molecule has 3 unspecified atom stereocenters. The number of carboxylic acid groups (broad SMARTS) is 1. The molecule has 1 heterocycles. The first-order valence-corrected chi connectivity index (χ1v) is 6.49. The Hall–Kier alpha value is -1.06. The van der Waals surface area contributed by atoms with E-state index in [0.29, 0.717) is 13.0 Å². The fourth-order valence-electron chi connectivity index (χ4n) is 2.78. The predicted octanol–water partition coefficient (Wildman–Crippen LogP) is 1.75. The molecule has 1 aliphatic carbocycles. The van der Waals surface area contributed by atoms with Crippen molar-refractivity contribution >= 4 is 11.9 Å². The Labute approximate surface area is 102 Å². The van der Waals surface area contributed by atoms with Crippen LogP contribution in [0.2, 0.25) is 0 Å². The van der Waals surface area contributed by atoms with Gasteiger partial charge in [0.2, 0.25) is 5.91 Å². The average molecular weight is 239 g/mol. The van der Waals surface area contributed by atoms with Gasteiger partial charge in [-0.25, -0.2) is 0 Å². The molecule has 0 spiro atoms. The number of rotatable bonds is 3. The fourth-order valence-corrected chi connectivity index (χ4v) is 2.78. The first kappa shape index (κ1) is 12.4. The SMILES string of the molecule is CCC1(C)CC1C(=O)N1CCCC(C(=O)O)C1. The van der Waals surface area contributed by atoms with Crippen molar-refractivity contribution in [1.29, 1.82) is 0 Å². The van der Waals surface area contributed by atoms with Gasteiger partial charge in [-0.2, -0.15) is 0 Å². The van der Waals surface area contributed by atoms with Gasteiger partial charge < -0.3 is 10.0 Å². The van der Waals surface area contributed by atoms with Crippen LogP contribution < -0.4 is 0 Å². The molecule has 3 atom stereocenters. The van der Waals surface area contributed by atoms with Gasteiger partial charge in [-0.15, -0.1) is 0 Å². The van der Waals surface area contributed by atoms with Crippen molar-refractivity contribution in [3.8, 4) is 0 Å². The maximum Gasteiger partial charge on any atom is 0.308 e. The molecule has 1 N–H and O–H groups in total. The number of nitrogens with zero attached hydrogens (tertiary/aromatic N) is 1. The van der Waals surface area contributed by atoms with Crippen molar-refractivity contribution in [2.75, 3.05) is 13.1 Å². The number of likely N-dealkylation sites (tertiary alicyclic amines) is 1. The third-order valence-electron chi connectivity index (χ3n) is 4.54. The van der Waals surface area contributed by atoms with E-state index in [4.69, 9.17) is 5.11 Å². The van der Waals surface area contributed by atoms with Crippen molar-refractivity contribution < 1.29 is 14.7 Å². The lowest BCUT2D eigenvalue weighted by molar-refractivity contribution is -0.146. The monoisotopic (exact) mass is 239 g/mol. The zero-order valence-corrected chi connectivity index (χ0v) is 10.6. The van der Waals surface area contributed by atoms with E-state index in [1.807, 2.05) is 0 Å². The molecule has 1 amide bonds. The molecule has 4 heteroatoms. The Morgan fingerprint density at radius 1 is 1.47 bits per heavy atom. The van der Waals surface area contributed by atoms with Gasteiger partial charge in [0.15, 0.2) is 0 Å². The first-order valence-electron chi connectivity index (χ1n) is 6.49. The molecule has 0 bridgehead atoms. The van der Waals surface area contributed by atoms with Gasteiger partial charge in [-0.3, -0.25) is 9.59 Å². The lowest BCUT2D eigenvalue weighted by atomic mass is 9.97. The maximum atomic E-state index is 12.2. The molecule has 0 aromatic carbocycles. The molecule has 0 aromatic rings. The highest BCUT2D eigenvalue weighted by atomic mass is 16.4. The number of aliphatic carboxylic acids is 1. The first-order chi connectivity index (χ1) is 7.98. The average Bonchev–Trinajstić information content (AvgIpc) is 3.01. The Balaban J connectivity index is 1.95. The summed E-state index contributed by atoms with van der Waals surface area (Å²) in [6.07, 6.45) is 3.52. The molecule has 0 aromatic heterocycles. The molecule has 2 fully saturated rings. The van der Waals surface area contributed by atoms with Crippen molar-refractivity contribution in [3.63, 3.8) is 0 Å². The summed E-state index contributed by atoms with van der Waals surface area (Å²) in [5, 5.41) is 9.00. The number of hydrogen-bond acceptors (Lipinski definition) is 2. The van der Waals surface area contributed by atoms with E-state index < -0.39 is 5.97 Å². The van der Waals surface area contributed by atoms with Crippen molar-refractivity contribution in [1.82, 2.24) is 4.90 Å². The van der Waals surface area contributed by atoms with E-state index >= 15 is 0 Å². The van der Waals surface area contributed by atoms with Crippen LogP contribution in [-0.2, 0) is 9.59 Å². The quantitative estimate of drug-likeness (QED) is 0.816. The van der Waals surface area contributed by atoms with E-state index in [-0.39, 0.29) is 23.2 Å². The van der Waals surface area contributed by atoms with Crippen LogP contribution >= 0.6 is 0 Å². The van der Waals surface area contributed by atoms with Gasteiger partial charge >= 0.3 is 5.97 Å². The summed E-state index contributed by atoms with van der Waals surface area (Å²) in [5.74, 6) is -0.809. The van der Waals surface area contributed by atoms with E-state index in [0.717, 1.165) is 25.8 Å². The van der Waals surface area contributed by atoms with E-state index in [9.17, 15) is 9.59 Å². The Bertz CT molecular complexity index is 342. The zero-order chi connectivity index (χ0) is 12.6. The fraction of sp³-hybridized carbons (Fsp3) is 0.846. The number of piperidine rings is 1. The Morgan fingerprint density at radius 3 is 2.71 bits per heavy atom. The summed E-state index contributed by atoms with van der Waals surface area (Å²) in [7, 11) is 0. The maximum absolute atomic E-state index is 12.2. The molecule has 1 saturated heterocycles. The molecule has 1 saturated carbocycles. The van der Waals surface area contributed by atoms with Gasteiger partial charge in [0.1, 0.15) is 0 Å². The van der Waals surface area contributed by atoms with Crippen LogP contribution in [0.3, 0.4) is 0 Å². The topological polar surface area (TPSA) is 57.6 Å². The summed E-state index contributed by atoms with van der Waals surface area (Å²) in [4.78, 5) is 25.0. The standard InChI is InChI=1S/C13H21NO3/c1-3-13(2)7-10(13)11(15)14-6-4-5-9(8-14)12(16)17/h9-10H,3-8H2,1-2H3,(H,16,17). The third kappa shape index (κ3) is 2.31. The number of carboxylic acids is 1. The van der Waals surface area contributed by atoms with Crippen LogP contribution in [0.4, 0.5) is 0 Å². The van der Waals surface area contributed by atoms with E-state index in [2.05, 4.69) is 13.8 Å². The van der Waals surface area contributed by atoms with Gasteiger partial charge in [0, 0.05) is 19.0 Å². The Morgan fingerprint density at radius 2 is 2.18 bits per heavy atom. The Kier molecular flexibility index (Phi) is 3.15. The van der Waals surface area contributed by atoms with Gasteiger partial charge in [-0.1, -0.05) is 13.8 Å². The number of hydrogen-bond donors (Lipinski definition) is 1. The highest BCUT2D eigenvalue weighted by molar-refractivity contribution is 5.83. The second-order valence-corrected chi connectivity index (χ2v) is 5.73. The second kappa shape index (κ2) is 4.31. The van der Waals surface area contributed by atoms with Crippen LogP contribution in [0, 0.1) is 17.3 Å². The molecule has 2 aliphatic rings. The van der Waals surface area contributed by atoms with Crippen molar-refractivity contribution in [2.45, 2.75) is 39.5 Å². The largest absolute Gasteiger partial charge is 0.481 e. The summed E-state index contributed by atoms with van der Waals surface area (Å²) < 4.78 is 0. The molecular formula is C13H21NO3. The predicted molar refractivity (Wildman–Crippen MR) is 63.4 cm³/mol. The summed E-state index contributed by atoms with van der Waals surface area (Å²) >= 11 is 0. The number of carbonyl (C=O) groups excluding carboxylic acids is 1. The number of carbonyl (C=O) groups is 2. The molecule has 96 valence electrons. The summed E-state index contributed by atoms with van der Waals surface area (Å²) in [6, 6.07) is 0. The van der Waals surface area contributed by atoms with Crippen LogP contribution in [0.25, 0.3) is 0 Å². The third-order valence-corrected chi connectivity index (χ3v) is 4.54. The van der Waals surface area contributed by atoms with Crippen LogP contribution in [0.5, 0.6) is 0 Å². The minimum absolute atomic E-state index is 0.139. The van der Waals surface area contributed by atoms with E-state index in [1.165, 1.54) is 0 Å². The molecular weight excluding hydrogens is 218 g/mol. The highest BCUT2D eigenvalue weighted by Crippen LogP contribution is 2.55. The van der Waals surface area contributed by atoms with Crippen LogP contribution in [0.1, 0.15) is 39.5 Å². The highest BCUT2D eigenvalue weighted by Gasteiger charge is 2.54. The minimum Gasteiger partial charge on any atom is -0.481 e. The van der Waals surface area contributed by atoms with Crippen molar-refractivity contribution in [3.05, 3.63) is 0 Å².